The van der Waals surface area contributed by atoms with Crippen molar-refractivity contribution >= 4 is 29.0 Å². The van der Waals surface area contributed by atoms with Crippen LogP contribution in [-0.4, -0.2) is 59.9 Å². The zero-order valence-electron chi connectivity index (χ0n) is 17.5. The van der Waals surface area contributed by atoms with Crippen LogP contribution in [0.4, 0.5) is 11.6 Å². The summed E-state index contributed by atoms with van der Waals surface area (Å²) in [5.41, 5.74) is 3.04. The third kappa shape index (κ3) is 3.85. The molecule has 0 atom stereocenters. The molecule has 0 radical (unpaired) electrons. The van der Waals surface area contributed by atoms with Crippen molar-refractivity contribution in [2.75, 3.05) is 43.4 Å². The maximum Gasteiger partial charge on any atom is 0.260 e. The standard InChI is InChI=1S/C23H22N6O3/c1-28-5-7-29(8-6-28)21-13-25-20(12-26-21)24-11-19-18-10-15(16-4-9-32-14-16)2-3-17(18)22(30)27-23(19)31/h2-4,9-14H,5-8H2,1H3,(H,24,25)(H,27,30,31)/b19-11-. The molecule has 3 aromatic rings. The van der Waals surface area contributed by atoms with E-state index in [9.17, 15) is 9.59 Å². The van der Waals surface area contributed by atoms with Crippen molar-refractivity contribution in [3.8, 4) is 11.1 Å². The van der Waals surface area contributed by atoms with E-state index in [2.05, 4.69) is 37.4 Å². The average Bonchev–Trinajstić information content (AvgIpc) is 3.35. The highest BCUT2D eigenvalue weighted by molar-refractivity contribution is 6.31. The second-order valence-electron chi connectivity index (χ2n) is 7.81. The summed E-state index contributed by atoms with van der Waals surface area (Å²) >= 11 is 0. The van der Waals surface area contributed by atoms with Crippen LogP contribution in [0.3, 0.4) is 0 Å². The number of amides is 2. The van der Waals surface area contributed by atoms with E-state index in [4.69, 9.17) is 4.42 Å². The van der Waals surface area contributed by atoms with E-state index in [1.54, 1.807) is 37.2 Å². The number of likely N-dealkylation sites (N-methyl/N-ethyl adjacent to an activating group) is 1. The summed E-state index contributed by atoms with van der Waals surface area (Å²) in [6.07, 6.45) is 8.11. The number of carbonyl (C=O) groups is 2. The molecule has 0 spiro atoms. The van der Waals surface area contributed by atoms with Gasteiger partial charge in [0.2, 0.25) is 0 Å². The van der Waals surface area contributed by atoms with Crippen molar-refractivity contribution in [2.45, 2.75) is 0 Å². The summed E-state index contributed by atoms with van der Waals surface area (Å²) in [4.78, 5) is 38.3. The van der Waals surface area contributed by atoms with Crippen molar-refractivity contribution in [1.82, 2.24) is 20.2 Å². The summed E-state index contributed by atoms with van der Waals surface area (Å²) in [7, 11) is 2.11. The Morgan fingerprint density at radius 1 is 1.00 bits per heavy atom. The van der Waals surface area contributed by atoms with Crippen molar-refractivity contribution in [1.29, 1.82) is 0 Å². The zero-order valence-corrected chi connectivity index (χ0v) is 17.5. The first kappa shape index (κ1) is 20.0. The molecule has 2 aliphatic rings. The lowest BCUT2D eigenvalue weighted by atomic mass is 9.92. The fourth-order valence-corrected chi connectivity index (χ4v) is 3.82. The van der Waals surface area contributed by atoms with Gasteiger partial charge in [-0.3, -0.25) is 14.9 Å². The largest absolute Gasteiger partial charge is 0.472 e. The summed E-state index contributed by atoms with van der Waals surface area (Å²) in [6.45, 7) is 3.79. The van der Waals surface area contributed by atoms with Crippen LogP contribution in [0.15, 0.2) is 59.8 Å². The van der Waals surface area contributed by atoms with Gasteiger partial charge in [-0.25, -0.2) is 9.97 Å². The molecule has 2 aromatic heterocycles. The number of carbonyl (C=O) groups excluding carboxylic acids is 2. The molecule has 0 saturated carbocycles. The Bertz CT molecular complexity index is 1180. The Kier molecular flexibility index (Phi) is 5.16. The highest BCUT2D eigenvalue weighted by Gasteiger charge is 2.27. The van der Waals surface area contributed by atoms with E-state index >= 15 is 0 Å². The number of nitrogens with one attached hydrogen (secondary N) is 2. The van der Waals surface area contributed by atoms with E-state index in [1.165, 1.54) is 0 Å². The smallest absolute Gasteiger partial charge is 0.260 e. The van der Waals surface area contributed by atoms with Crippen LogP contribution in [0, 0.1) is 0 Å². The minimum Gasteiger partial charge on any atom is -0.472 e. The molecule has 2 aliphatic heterocycles. The van der Waals surface area contributed by atoms with Gasteiger partial charge < -0.3 is 19.5 Å². The lowest BCUT2D eigenvalue weighted by Crippen LogP contribution is -2.44. The second kappa shape index (κ2) is 8.27. The molecule has 9 nitrogen and oxygen atoms in total. The Balaban J connectivity index is 1.39. The third-order valence-corrected chi connectivity index (χ3v) is 5.71. The van der Waals surface area contributed by atoms with Gasteiger partial charge >= 0.3 is 0 Å². The summed E-state index contributed by atoms with van der Waals surface area (Å²) in [6, 6.07) is 7.17. The number of rotatable bonds is 4. The minimum absolute atomic E-state index is 0.342. The number of imide groups is 1. The first-order valence-electron chi connectivity index (χ1n) is 10.3. The van der Waals surface area contributed by atoms with Crippen LogP contribution < -0.4 is 15.5 Å². The first-order valence-corrected chi connectivity index (χ1v) is 10.3. The number of hydrogen-bond donors (Lipinski definition) is 2. The molecule has 5 rings (SSSR count). The number of nitrogens with zero attached hydrogens (tertiary/aromatic N) is 4. The van der Waals surface area contributed by atoms with E-state index in [0.29, 0.717) is 22.5 Å². The second-order valence-corrected chi connectivity index (χ2v) is 7.81. The summed E-state index contributed by atoms with van der Waals surface area (Å²) in [5, 5.41) is 5.42. The SMILES string of the molecule is CN1CCN(c2cnc(N/C=C3\C(=O)NC(=O)c4ccc(-c5ccoc5)cc43)cn2)CC1. The van der Waals surface area contributed by atoms with Crippen molar-refractivity contribution in [3.63, 3.8) is 0 Å². The maximum atomic E-state index is 12.6. The quantitative estimate of drug-likeness (QED) is 0.480. The molecule has 32 heavy (non-hydrogen) atoms. The maximum absolute atomic E-state index is 12.6. The lowest BCUT2D eigenvalue weighted by molar-refractivity contribution is -0.114. The van der Waals surface area contributed by atoms with Crippen LogP contribution in [0.25, 0.3) is 16.7 Å². The fourth-order valence-electron chi connectivity index (χ4n) is 3.82. The lowest BCUT2D eigenvalue weighted by Gasteiger charge is -2.32. The van der Waals surface area contributed by atoms with Crippen LogP contribution in [-0.2, 0) is 4.79 Å². The van der Waals surface area contributed by atoms with Crippen molar-refractivity contribution < 1.29 is 14.0 Å². The zero-order chi connectivity index (χ0) is 22.1. The number of anilines is 2. The van der Waals surface area contributed by atoms with Gasteiger partial charge in [0.15, 0.2) is 0 Å². The Labute approximate surface area is 184 Å². The predicted molar refractivity (Wildman–Crippen MR) is 120 cm³/mol. The molecule has 0 bridgehead atoms. The molecular formula is C23H22N6O3. The number of benzene rings is 1. The molecule has 4 heterocycles. The van der Waals surface area contributed by atoms with Crippen LogP contribution in [0.1, 0.15) is 15.9 Å². The normalized spacial score (nSPS) is 17.9. The van der Waals surface area contributed by atoms with E-state index in [0.717, 1.165) is 43.1 Å². The molecule has 1 aromatic carbocycles. The van der Waals surface area contributed by atoms with Crippen LogP contribution in [0.5, 0.6) is 0 Å². The highest BCUT2D eigenvalue weighted by atomic mass is 16.3. The predicted octanol–water partition coefficient (Wildman–Crippen LogP) is 2.21. The number of furan rings is 1. The van der Waals surface area contributed by atoms with Crippen LogP contribution in [0.2, 0.25) is 0 Å². The highest BCUT2D eigenvalue weighted by Crippen LogP contribution is 2.30. The molecular weight excluding hydrogens is 408 g/mol. The Morgan fingerprint density at radius 3 is 2.56 bits per heavy atom. The monoisotopic (exact) mass is 430 g/mol. The van der Waals surface area contributed by atoms with E-state index in [-0.39, 0.29) is 0 Å². The summed E-state index contributed by atoms with van der Waals surface area (Å²) in [5.74, 6) is 0.443. The van der Waals surface area contributed by atoms with Crippen LogP contribution >= 0.6 is 0 Å². The van der Waals surface area contributed by atoms with Crippen molar-refractivity contribution in [3.05, 3.63) is 66.5 Å². The molecule has 2 N–H and O–H groups in total. The van der Waals surface area contributed by atoms with Gasteiger partial charge in [-0.2, -0.15) is 0 Å². The van der Waals surface area contributed by atoms with Gasteiger partial charge in [-0.1, -0.05) is 6.07 Å². The fraction of sp³-hybridized carbons (Fsp3) is 0.217. The molecule has 2 amide bonds. The number of piperazine rings is 1. The van der Waals surface area contributed by atoms with Gasteiger partial charge in [0.05, 0.1) is 30.5 Å². The molecule has 162 valence electrons. The van der Waals surface area contributed by atoms with Gasteiger partial charge in [-0.15, -0.1) is 0 Å². The molecule has 9 heteroatoms. The van der Waals surface area contributed by atoms with Gasteiger partial charge in [0.25, 0.3) is 11.8 Å². The molecule has 0 unspecified atom stereocenters. The Morgan fingerprint density at radius 2 is 1.84 bits per heavy atom. The number of aromatic nitrogens is 2. The first-order chi connectivity index (χ1) is 15.6. The van der Waals surface area contributed by atoms with Crippen molar-refractivity contribution in [2.24, 2.45) is 0 Å². The molecule has 1 saturated heterocycles. The number of hydrogen-bond acceptors (Lipinski definition) is 8. The molecule has 0 aliphatic carbocycles. The summed E-state index contributed by atoms with van der Waals surface area (Å²) < 4.78 is 5.15. The minimum atomic E-state index is -0.471. The van der Waals surface area contributed by atoms with E-state index < -0.39 is 11.8 Å². The van der Waals surface area contributed by atoms with Gasteiger partial charge in [-0.05, 0) is 30.8 Å². The number of fused-ring (bicyclic) bond motifs is 1. The topological polar surface area (TPSA) is 104 Å². The van der Waals surface area contributed by atoms with Gasteiger partial charge in [0.1, 0.15) is 11.6 Å². The Hall–Kier alpha value is -3.98. The molecule has 1 fully saturated rings. The van der Waals surface area contributed by atoms with Gasteiger partial charge in [0, 0.05) is 49.1 Å². The average molecular weight is 430 g/mol. The third-order valence-electron chi connectivity index (χ3n) is 5.71. The van der Waals surface area contributed by atoms with E-state index in [1.807, 2.05) is 18.2 Å².